The molecule has 1 aromatic rings. The van der Waals surface area contributed by atoms with Crippen molar-refractivity contribution in [2.24, 2.45) is 0 Å². The van der Waals surface area contributed by atoms with Crippen molar-refractivity contribution in [2.45, 2.75) is 52.6 Å². The maximum atomic E-state index is 11.7. The first-order valence-electron chi connectivity index (χ1n) is 7.16. The fourth-order valence-corrected chi connectivity index (χ4v) is 2.76. The van der Waals surface area contributed by atoms with Gasteiger partial charge in [0, 0.05) is 24.0 Å². The minimum absolute atomic E-state index is 0.137. The van der Waals surface area contributed by atoms with Gasteiger partial charge in [-0.2, -0.15) is 0 Å². The van der Waals surface area contributed by atoms with Crippen LogP contribution in [-0.2, 0) is 0 Å². The highest BCUT2D eigenvalue weighted by Crippen LogP contribution is 2.10. The standard InChI is InChI=1S/C14H26N4OS/c1-10(2)18(11(3)4)8-6-5-7-16-13(19)12-9-20-14(15)17-12/h9-11H,5-8H2,1-4H3,(H2,15,17)(H,16,19). The molecule has 0 saturated carbocycles. The average Bonchev–Trinajstić information content (AvgIpc) is 2.79. The van der Waals surface area contributed by atoms with Gasteiger partial charge in [-0.3, -0.25) is 9.69 Å². The van der Waals surface area contributed by atoms with Crippen LogP contribution in [0.1, 0.15) is 51.0 Å². The van der Waals surface area contributed by atoms with Crippen molar-refractivity contribution < 1.29 is 4.79 Å². The Labute approximate surface area is 125 Å². The predicted octanol–water partition coefficient (Wildman–Crippen LogP) is 2.35. The molecule has 3 N–H and O–H groups in total. The van der Waals surface area contributed by atoms with Crippen LogP contribution in [0.25, 0.3) is 0 Å². The van der Waals surface area contributed by atoms with Gasteiger partial charge >= 0.3 is 0 Å². The molecule has 0 radical (unpaired) electrons. The summed E-state index contributed by atoms with van der Waals surface area (Å²) in [5.74, 6) is -0.137. The van der Waals surface area contributed by atoms with Crippen LogP contribution < -0.4 is 11.1 Å². The maximum absolute atomic E-state index is 11.7. The van der Waals surface area contributed by atoms with Gasteiger partial charge < -0.3 is 11.1 Å². The summed E-state index contributed by atoms with van der Waals surface area (Å²) in [6.07, 6.45) is 2.05. The molecule has 6 heteroatoms. The van der Waals surface area contributed by atoms with Crippen molar-refractivity contribution in [3.63, 3.8) is 0 Å². The molecule has 20 heavy (non-hydrogen) atoms. The number of carbonyl (C=O) groups is 1. The van der Waals surface area contributed by atoms with Crippen molar-refractivity contribution in [2.75, 3.05) is 18.8 Å². The molecule has 0 atom stereocenters. The zero-order valence-corrected chi connectivity index (χ0v) is 13.7. The second kappa shape index (κ2) is 8.21. The van der Waals surface area contributed by atoms with Gasteiger partial charge in [-0.15, -0.1) is 11.3 Å². The van der Waals surface area contributed by atoms with Crippen molar-refractivity contribution >= 4 is 22.4 Å². The molecule has 0 aromatic carbocycles. The molecule has 0 spiro atoms. The number of nitrogen functional groups attached to an aromatic ring is 1. The number of rotatable bonds is 8. The van der Waals surface area contributed by atoms with E-state index in [9.17, 15) is 4.79 Å². The van der Waals surface area contributed by atoms with Crippen molar-refractivity contribution in [3.8, 4) is 0 Å². The summed E-state index contributed by atoms with van der Waals surface area (Å²) in [6.45, 7) is 10.6. The summed E-state index contributed by atoms with van der Waals surface area (Å²) in [5.41, 5.74) is 5.92. The van der Waals surface area contributed by atoms with Crippen LogP contribution in [-0.4, -0.2) is 41.0 Å². The van der Waals surface area contributed by atoms with E-state index >= 15 is 0 Å². The summed E-state index contributed by atoms with van der Waals surface area (Å²) < 4.78 is 0. The fourth-order valence-electron chi connectivity index (χ4n) is 2.22. The van der Waals surface area contributed by atoms with Crippen LogP contribution in [0.5, 0.6) is 0 Å². The van der Waals surface area contributed by atoms with Crippen LogP contribution in [0.15, 0.2) is 5.38 Å². The van der Waals surface area contributed by atoms with Gasteiger partial charge in [0.1, 0.15) is 5.69 Å². The monoisotopic (exact) mass is 298 g/mol. The van der Waals surface area contributed by atoms with E-state index in [4.69, 9.17) is 5.73 Å². The number of hydrogen-bond acceptors (Lipinski definition) is 5. The SMILES string of the molecule is CC(C)N(CCCCNC(=O)c1csc(N)n1)C(C)C. The quantitative estimate of drug-likeness (QED) is 0.723. The molecule has 0 aliphatic heterocycles. The Kier molecular flexibility index (Phi) is 6.95. The minimum atomic E-state index is -0.137. The fraction of sp³-hybridized carbons (Fsp3) is 0.714. The van der Waals surface area contributed by atoms with Crippen LogP contribution >= 0.6 is 11.3 Å². The van der Waals surface area contributed by atoms with Crippen LogP contribution in [0.3, 0.4) is 0 Å². The summed E-state index contributed by atoms with van der Waals surface area (Å²) in [6, 6.07) is 1.12. The topological polar surface area (TPSA) is 71.2 Å². The van der Waals surface area contributed by atoms with E-state index in [2.05, 4.69) is 42.9 Å². The molecule has 0 bridgehead atoms. The lowest BCUT2D eigenvalue weighted by Gasteiger charge is -2.30. The summed E-state index contributed by atoms with van der Waals surface area (Å²) in [5, 5.41) is 4.99. The minimum Gasteiger partial charge on any atom is -0.375 e. The van der Waals surface area contributed by atoms with E-state index in [1.807, 2.05) is 0 Å². The molecule has 1 rings (SSSR count). The first-order chi connectivity index (χ1) is 9.41. The molecule has 0 saturated heterocycles. The highest BCUT2D eigenvalue weighted by atomic mass is 32.1. The summed E-state index contributed by atoms with van der Waals surface area (Å²) in [7, 11) is 0. The molecule has 5 nitrogen and oxygen atoms in total. The van der Waals surface area contributed by atoms with Gasteiger partial charge in [0.15, 0.2) is 5.13 Å². The Morgan fingerprint density at radius 2 is 2.00 bits per heavy atom. The molecule has 0 fully saturated rings. The molecular formula is C14H26N4OS. The summed E-state index contributed by atoms with van der Waals surface area (Å²) >= 11 is 1.29. The number of carbonyl (C=O) groups excluding carboxylic acids is 1. The van der Waals surface area contributed by atoms with Gasteiger partial charge in [0.2, 0.25) is 0 Å². The zero-order valence-electron chi connectivity index (χ0n) is 12.8. The van der Waals surface area contributed by atoms with Gasteiger partial charge in [0.05, 0.1) is 0 Å². The molecule has 1 heterocycles. The first-order valence-corrected chi connectivity index (χ1v) is 8.04. The predicted molar refractivity (Wildman–Crippen MR) is 85.1 cm³/mol. The molecule has 114 valence electrons. The number of nitrogens with zero attached hydrogens (tertiary/aromatic N) is 2. The molecule has 1 aromatic heterocycles. The number of aromatic nitrogens is 1. The van der Waals surface area contributed by atoms with E-state index in [0.717, 1.165) is 19.4 Å². The highest BCUT2D eigenvalue weighted by molar-refractivity contribution is 7.13. The van der Waals surface area contributed by atoms with Crippen LogP contribution in [0.2, 0.25) is 0 Å². The van der Waals surface area contributed by atoms with Crippen molar-refractivity contribution in [3.05, 3.63) is 11.1 Å². The van der Waals surface area contributed by atoms with Crippen LogP contribution in [0.4, 0.5) is 5.13 Å². The Morgan fingerprint density at radius 1 is 1.35 bits per heavy atom. The lowest BCUT2D eigenvalue weighted by atomic mass is 10.2. The van der Waals surface area contributed by atoms with E-state index in [1.54, 1.807) is 5.38 Å². The van der Waals surface area contributed by atoms with Gasteiger partial charge in [0.25, 0.3) is 5.91 Å². The number of anilines is 1. The third-order valence-corrected chi connectivity index (χ3v) is 3.88. The number of amides is 1. The Bertz CT molecular complexity index is 409. The normalized spacial score (nSPS) is 11.6. The first kappa shape index (κ1) is 16.9. The van der Waals surface area contributed by atoms with Gasteiger partial charge in [-0.1, -0.05) is 0 Å². The Balaban J connectivity index is 2.20. The number of thiazole rings is 1. The molecule has 0 unspecified atom stereocenters. The van der Waals surface area contributed by atoms with Gasteiger partial charge in [-0.05, 0) is 47.1 Å². The number of unbranched alkanes of at least 4 members (excludes halogenated alkanes) is 1. The van der Waals surface area contributed by atoms with E-state index in [0.29, 0.717) is 29.5 Å². The lowest BCUT2D eigenvalue weighted by molar-refractivity contribution is 0.0947. The maximum Gasteiger partial charge on any atom is 0.270 e. The summed E-state index contributed by atoms with van der Waals surface area (Å²) in [4.78, 5) is 18.2. The molecule has 0 aliphatic rings. The lowest BCUT2D eigenvalue weighted by Crippen LogP contribution is -2.38. The third-order valence-electron chi connectivity index (χ3n) is 3.21. The third kappa shape index (κ3) is 5.46. The second-order valence-electron chi connectivity index (χ2n) is 5.46. The Morgan fingerprint density at radius 3 is 2.50 bits per heavy atom. The van der Waals surface area contributed by atoms with Crippen molar-refractivity contribution in [1.29, 1.82) is 0 Å². The number of nitrogens with two attached hydrogens (primary N) is 1. The number of hydrogen-bond donors (Lipinski definition) is 2. The second-order valence-corrected chi connectivity index (χ2v) is 6.35. The largest absolute Gasteiger partial charge is 0.375 e. The smallest absolute Gasteiger partial charge is 0.270 e. The van der Waals surface area contributed by atoms with Crippen molar-refractivity contribution in [1.82, 2.24) is 15.2 Å². The molecule has 0 aliphatic carbocycles. The zero-order chi connectivity index (χ0) is 15.1. The molecule has 1 amide bonds. The van der Waals surface area contributed by atoms with E-state index in [-0.39, 0.29) is 5.91 Å². The van der Waals surface area contributed by atoms with Gasteiger partial charge in [-0.25, -0.2) is 4.98 Å². The average molecular weight is 298 g/mol. The molecular weight excluding hydrogens is 272 g/mol. The van der Waals surface area contributed by atoms with E-state index < -0.39 is 0 Å². The van der Waals surface area contributed by atoms with Crippen LogP contribution in [0, 0.1) is 0 Å². The number of nitrogens with one attached hydrogen (secondary N) is 1. The van der Waals surface area contributed by atoms with E-state index in [1.165, 1.54) is 11.3 Å². The Hall–Kier alpha value is -1.14. The highest BCUT2D eigenvalue weighted by Gasteiger charge is 2.12.